The molecule has 1 aromatic heterocycles. The molecule has 1 aromatic carbocycles. The zero-order chi connectivity index (χ0) is 21.7. The Labute approximate surface area is 185 Å². The average molecular weight is 468 g/mol. The minimum absolute atomic E-state index is 0.0465. The van der Waals surface area contributed by atoms with Gasteiger partial charge in [0.2, 0.25) is 10.0 Å². The van der Waals surface area contributed by atoms with E-state index in [1.54, 1.807) is 46.3 Å². The van der Waals surface area contributed by atoms with Crippen LogP contribution in [0.25, 0.3) is 0 Å². The minimum Gasteiger partial charge on any atom is -0.339 e. The van der Waals surface area contributed by atoms with Crippen LogP contribution >= 0.6 is 23.1 Å². The van der Waals surface area contributed by atoms with E-state index in [9.17, 15) is 18.0 Å². The van der Waals surface area contributed by atoms with Gasteiger partial charge >= 0.3 is 0 Å². The molecule has 1 aliphatic heterocycles. The summed E-state index contributed by atoms with van der Waals surface area (Å²) in [6, 6.07) is 8.11. The summed E-state index contributed by atoms with van der Waals surface area (Å²) >= 11 is 2.82. The zero-order valence-electron chi connectivity index (χ0n) is 17.0. The molecule has 30 heavy (non-hydrogen) atoms. The molecule has 1 N–H and O–H groups in total. The largest absolute Gasteiger partial charge is 0.339 e. The lowest BCUT2D eigenvalue weighted by Crippen LogP contribution is -2.38. The molecule has 0 saturated carbocycles. The number of anilines is 1. The third-order valence-electron chi connectivity index (χ3n) is 4.86. The van der Waals surface area contributed by atoms with Crippen LogP contribution in [-0.4, -0.2) is 67.1 Å². The van der Waals surface area contributed by atoms with Gasteiger partial charge in [-0.25, -0.2) is 8.42 Å². The van der Waals surface area contributed by atoms with E-state index >= 15 is 0 Å². The quantitative estimate of drug-likeness (QED) is 0.676. The number of hydrogen-bond donors (Lipinski definition) is 1. The highest BCUT2D eigenvalue weighted by Gasteiger charge is 2.31. The predicted octanol–water partition coefficient (Wildman–Crippen LogP) is 3.22. The van der Waals surface area contributed by atoms with Gasteiger partial charge in [0, 0.05) is 48.9 Å². The van der Waals surface area contributed by atoms with E-state index in [0.717, 1.165) is 22.8 Å². The molecule has 1 fully saturated rings. The highest BCUT2D eigenvalue weighted by atomic mass is 32.2. The van der Waals surface area contributed by atoms with Gasteiger partial charge in [-0.1, -0.05) is 0 Å². The first kappa shape index (κ1) is 22.8. The molecule has 0 unspecified atom stereocenters. The summed E-state index contributed by atoms with van der Waals surface area (Å²) < 4.78 is 27.4. The summed E-state index contributed by atoms with van der Waals surface area (Å²) in [4.78, 5) is 27.1. The normalized spacial score (nSPS) is 15.0. The number of amides is 2. The highest BCUT2D eigenvalue weighted by Crippen LogP contribution is 2.28. The number of carbonyl (C=O) groups excluding carboxylic acids is 2. The van der Waals surface area contributed by atoms with Gasteiger partial charge in [0.25, 0.3) is 11.8 Å². The van der Waals surface area contributed by atoms with E-state index < -0.39 is 15.9 Å². The van der Waals surface area contributed by atoms with Crippen molar-refractivity contribution in [2.45, 2.75) is 18.7 Å². The van der Waals surface area contributed by atoms with Crippen LogP contribution in [-0.2, 0) is 10.0 Å². The molecule has 0 bridgehead atoms. The summed E-state index contributed by atoms with van der Waals surface area (Å²) in [6.07, 6.45) is 0. The number of rotatable bonds is 7. The second-order valence-electron chi connectivity index (χ2n) is 6.64. The van der Waals surface area contributed by atoms with Crippen LogP contribution in [0.1, 0.15) is 33.9 Å². The first-order valence-electron chi connectivity index (χ1n) is 9.74. The lowest BCUT2D eigenvalue weighted by atomic mass is 10.1. The number of thiophene rings is 1. The van der Waals surface area contributed by atoms with Crippen molar-refractivity contribution < 1.29 is 18.0 Å². The van der Waals surface area contributed by atoms with Crippen LogP contribution < -0.4 is 5.32 Å². The molecule has 3 rings (SSSR count). The number of sulfonamides is 1. The highest BCUT2D eigenvalue weighted by molar-refractivity contribution is 7.99. The summed E-state index contributed by atoms with van der Waals surface area (Å²) in [7, 11) is -3.70. The number of nitrogens with zero attached hydrogens (tertiary/aromatic N) is 2. The molecule has 0 radical (unpaired) electrons. The van der Waals surface area contributed by atoms with E-state index in [0.29, 0.717) is 37.4 Å². The minimum atomic E-state index is -3.70. The van der Waals surface area contributed by atoms with Crippen LogP contribution in [0.4, 0.5) is 5.69 Å². The number of thioether (sulfide) groups is 1. The third-order valence-corrected chi connectivity index (χ3v) is 8.79. The Hall–Kier alpha value is -1.88. The molecule has 7 nitrogen and oxygen atoms in total. The van der Waals surface area contributed by atoms with Crippen molar-refractivity contribution in [1.29, 1.82) is 0 Å². The first-order valence-corrected chi connectivity index (χ1v) is 13.2. The van der Waals surface area contributed by atoms with Crippen molar-refractivity contribution in [2.24, 2.45) is 0 Å². The van der Waals surface area contributed by atoms with Crippen LogP contribution in [0.15, 0.2) is 40.6 Å². The molecule has 2 aromatic rings. The van der Waals surface area contributed by atoms with E-state index in [1.165, 1.54) is 10.4 Å². The lowest BCUT2D eigenvalue weighted by molar-refractivity contribution is 0.0773. The molecular formula is C20H25N3O4S3. The fourth-order valence-corrected chi connectivity index (χ4v) is 7.04. The number of carbonyl (C=O) groups is 2. The standard InChI is InChI=1S/C20H25N3O4S3/c1-3-22(4-2)20(25)15-5-7-16(8-6-15)21-19(24)18-17(9-12-29-18)30(26,27)23-10-13-28-14-11-23/h5-9,12H,3-4,10-11,13-14H2,1-2H3,(H,21,24). The Morgan fingerprint density at radius 1 is 1.07 bits per heavy atom. The molecular weight excluding hydrogens is 442 g/mol. The van der Waals surface area contributed by atoms with Crippen LogP contribution in [0.3, 0.4) is 0 Å². The van der Waals surface area contributed by atoms with Gasteiger partial charge in [-0.3, -0.25) is 9.59 Å². The van der Waals surface area contributed by atoms with Gasteiger partial charge in [0.15, 0.2) is 0 Å². The Morgan fingerprint density at radius 3 is 2.30 bits per heavy atom. The van der Waals surface area contributed by atoms with Crippen molar-refractivity contribution in [3.63, 3.8) is 0 Å². The Kier molecular flexibility index (Phi) is 7.56. The van der Waals surface area contributed by atoms with Crippen LogP contribution in [0, 0.1) is 0 Å². The second-order valence-corrected chi connectivity index (χ2v) is 10.7. The van der Waals surface area contributed by atoms with E-state index in [4.69, 9.17) is 0 Å². The van der Waals surface area contributed by atoms with Gasteiger partial charge < -0.3 is 10.2 Å². The molecule has 1 aliphatic rings. The van der Waals surface area contributed by atoms with Gasteiger partial charge in [-0.05, 0) is 49.6 Å². The average Bonchev–Trinajstić information content (AvgIpc) is 3.27. The fourth-order valence-electron chi connectivity index (χ4n) is 3.17. The van der Waals surface area contributed by atoms with Crippen molar-refractivity contribution in [3.05, 3.63) is 46.2 Å². The zero-order valence-corrected chi connectivity index (χ0v) is 19.4. The maximum absolute atomic E-state index is 13.0. The van der Waals surface area contributed by atoms with E-state index in [2.05, 4.69) is 5.32 Å². The molecule has 1 saturated heterocycles. The summed E-state index contributed by atoms with van der Waals surface area (Å²) in [5.74, 6) is 0.967. The maximum atomic E-state index is 13.0. The summed E-state index contributed by atoms with van der Waals surface area (Å²) in [5.41, 5.74) is 1.04. The fraction of sp³-hybridized carbons (Fsp3) is 0.400. The van der Waals surface area contributed by atoms with Crippen molar-refractivity contribution in [2.75, 3.05) is 43.0 Å². The molecule has 0 atom stereocenters. The number of benzene rings is 1. The topological polar surface area (TPSA) is 86.8 Å². The van der Waals surface area contributed by atoms with E-state index in [1.807, 2.05) is 13.8 Å². The molecule has 0 spiro atoms. The van der Waals surface area contributed by atoms with Gasteiger partial charge in [0.1, 0.15) is 9.77 Å². The Morgan fingerprint density at radius 2 is 1.70 bits per heavy atom. The van der Waals surface area contributed by atoms with Gasteiger partial charge in [-0.2, -0.15) is 16.1 Å². The summed E-state index contributed by atoms with van der Waals surface area (Å²) in [6.45, 7) is 5.99. The smallest absolute Gasteiger partial charge is 0.267 e. The summed E-state index contributed by atoms with van der Waals surface area (Å²) in [5, 5.41) is 4.36. The SMILES string of the molecule is CCN(CC)C(=O)c1ccc(NC(=O)c2sccc2S(=O)(=O)N2CCSCC2)cc1. The molecule has 10 heteroatoms. The molecule has 2 amide bonds. The lowest BCUT2D eigenvalue weighted by Gasteiger charge is -2.25. The third kappa shape index (κ3) is 4.88. The van der Waals surface area contributed by atoms with Crippen LogP contribution in [0.5, 0.6) is 0 Å². The van der Waals surface area contributed by atoms with Crippen LogP contribution in [0.2, 0.25) is 0 Å². The van der Waals surface area contributed by atoms with Crippen molar-refractivity contribution in [1.82, 2.24) is 9.21 Å². The van der Waals surface area contributed by atoms with Crippen molar-refractivity contribution >= 4 is 50.6 Å². The number of hydrogen-bond acceptors (Lipinski definition) is 6. The predicted molar refractivity (Wildman–Crippen MR) is 122 cm³/mol. The molecule has 2 heterocycles. The molecule has 162 valence electrons. The second kappa shape index (κ2) is 9.95. The van der Waals surface area contributed by atoms with Gasteiger partial charge in [0.05, 0.1) is 0 Å². The monoisotopic (exact) mass is 467 g/mol. The first-order chi connectivity index (χ1) is 14.4. The Balaban J connectivity index is 1.75. The van der Waals surface area contributed by atoms with Crippen molar-refractivity contribution in [3.8, 4) is 0 Å². The maximum Gasteiger partial charge on any atom is 0.267 e. The molecule has 0 aliphatic carbocycles. The van der Waals surface area contributed by atoms with Gasteiger partial charge in [-0.15, -0.1) is 11.3 Å². The number of nitrogens with one attached hydrogen (secondary N) is 1. The van der Waals surface area contributed by atoms with E-state index in [-0.39, 0.29) is 15.7 Å². The Bertz CT molecular complexity index is 993.